The SMILES string of the molecule is CN(C(=O)c1cccc(Cl)n1)C1CCCCC1. The monoisotopic (exact) mass is 252 g/mol. The van der Waals surface area contributed by atoms with Gasteiger partial charge in [-0.3, -0.25) is 4.79 Å². The molecule has 0 unspecified atom stereocenters. The quantitative estimate of drug-likeness (QED) is 0.758. The number of hydrogen-bond acceptors (Lipinski definition) is 2. The number of nitrogens with zero attached hydrogens (tertiary/aromatic N) is 2. The van der Waals surface area contributed by atoms with Crippen LogP contribution in [0.1, 0.15) is 42.6 Å². The Balaban J connectivity index is 2.08. The first-order valence-corrected chi connectivity index (χ1v) is 6.46. The van der Waals surface area contributed by atoms with E-state index in [2.05, 4.69) is 4.98 Å². The topological polar surface area (TPSA) is 33.2 Å². The molecule has 1 aromatic rings. The van der Waals surface area contributed by atoms with Gasteiger partial charge in [-0.1, -0.05) is 36.9 Å². The predicted molar refractivity (Wildman–Crippen MR) is 68.2 cm³/mol. The van der Waals surface area contributed by atoms with Crippen LogP contribution in [-0.2, 0) is 0 Å². The fraction of sp³-hybridized carbons (Fsp3) is 0.538. The second-order valence-electron chi connectivity index (χ2n) is 4.55. The van der Waals surface area contributed by atoms with Crippen LogP contribution >= 0.6 is 11.6 Å². The van der Waals surface area contributed by atoms with E-state index < -0.39 is 0 Å². The minimum atomic E-state index is -0.0283. The van der Waals surface area contributed by atoms with E-state index in [1.807, 2.05) is 11.9 Å². The Morgan fingerprint density at radius 2 is 2.06 bits per heavy atom. The van der Waals surface area contributed by atoms with E-state index >= 15 is 0 Å². The third-order valence-electron chi connectivity index (χ3n) is 3.38. The number of rotatable bonds is 2. The lowest BCUT2D eigenvalue weighted by atomic mass is 9.94. The fourth-order valence-electron chi connectivity index (χ4n) is 2.34. The van der Waals surface area contributed by atoms with Crippen molar-refractivity contribution in [3.8, 4) is 0 Å². The van der Waals surface area contributed by atoms with Crippen LogP contribution in [-0.4, -0.2) is 28.9 Å². The molecule has 0 saturated heterocycles. The molecule has 1 aliphatic rings. The van der Waals surface area contributed by atoms with E-state index in [-0.39, 0.29) is 5.91 Å². The van der Waals surface area contributed by atoms with Crippen molar-refractivity contribution < 1.29 is 4.79 Å². The van der Waals surface area contributed by atoms with Crippen LogP contribution < -0.4 is 0 Å². The number of halogens is 1. The molecule has 92 valence electrons. The average molecular weight is 253 g/mol. The third-order valence-corrected chi connectivity index (χ3v) is 3.59. The Labute approximate surface area is 107 Å². The van der Waals surface area contributed by atoms with Gasteiger partial charge in [0.15, 0.2) is 0 Å². The second kappa shape index (κ2) is 5.50. The first-order valence-electron chi connectivity index (χ1n) is 6.08. The highest BCUT2D eigenvalue weighted by Gasteiger charge is 2.23. The molecule has 0 aromatic carbocycles. The van der Waals surface area contributed by atoms with Crippen molar-refractivity contribution in [3.05, 3.63) is 29.0 Å². The van der Waals surface area contributed by atoms with Crippen LogP contribution in [0.2, 0.25) is 5.15 Å². The van der Waals surface area contributed by atoms with Gasteiger partial charge in [0, 0.05) is 13.1 Å². The van der Waals surface area contributed by atoms with Crippen LogP contribution in [0.25, 0.3) is 0 Å². The summed E-state index contributed by atoms with van der Waals surface area (Å²) in [5.74, 6) is -0.0283. The standard InChI is InChI=1S/C13H17ClN2O/c1-16(10-6-3-2-4-7-10)13(17)11-8-5-9-12(14)15-11/h5,8-10H,2-4,6-7H2,1H3. The van der Waals surface area contributed by atoms with Crippen molar-refractivity contribution in [2.45, 2.75) is 38.1 Å². The Morgan fingerprint density at radius 3 is 2.71 bits per heavy atom. The Morgan fingerprint density at radius 1 is 1.35 bits per heavy atom. The highest BCUT2D eigenvalue weighted by Crippen LogP contribution is 2.22. The van der Waals surface area contributed by atoms with Crippen molar-refractivity contribution in [3.63, 3.8) is 0 Å². The molecule has 2 rings (SSSR count). The van der Waals surface area contributed by atoms with Gasteiger partial charge in [0.2, 0.25) is 0 Å². The summed E-state index contributed by atoms with van der Waals surface area (Å²) in [6, 6.07) is 5.51. The molecule has 0 spiro atoms. The highest BCUT2D eigenvalue weighted by molar-refractivity contribution is 6.29. The van der Waals surface area contributed by atoms with E-state index in [0.717, 1.165) is 12.8 Å². The summed E-state index contributed by atoms with van der Waals surface area (Å²) in [6.07, 6.45) is 5.91. The maximum atomic E-state index is 12.2. The molecule has 17 heavy (non-hydrogen) atoms. The maximum Gasteiger partial charge on any atom is 0.272 e. The summed E-state index contributed by atoms with van der Waals surface area (Å²) in [6.45, 7) is 0. The smallest absolute Gasteiger partial charge is 0.272 e. The lowest BCUT2D eigenvalue weighted by molar-refractivity contribution is 0.0690. The number of pyridine rings is 1. The van der Waals surface area contributed by atoms with Crippen molar-refractivity contribution in [2.24, 2.45) is 0 Å². The van der Waals surface area contributed by atoms with Gasteiger partial charge in [-0.25, -0.2) is 4.98 Å². The molecule has 0 bridgehead atoms. The molecule has 1 aromatic heterocycles. The molecule has 0 aliphatic heterocycles. The third kappa shape index (κ3) is 2.97. The summed E-state index contributed by atoms with van der Waals surface area (Å²) < 4.78 is 0. The molecule has 1 heterocycles. The van der Waals surface area contributed by atoms with Crippen LogP contribution in [0.5, 0.6) is 0 Å². The molecule has 0 atom stereocenters. The Hall–Kier alpha value is -1.09. The molecule has 1 saturated carbocycles. The average Bonchev–Trinajstić information content (AvgIpc) is 2.38. The highest BCUT2D eigenvalue weighted by atomic mass is 35.5. The zero-order valence-corrected chi connectivity index (χ0v) is 10.8. The van der Waals surface area contributed by atoms with Gasteiger partial charge in [0.05, 0.1) is 0 Å². The predicted octanol–water partition coefficient (Wildman–Crippen LogP) is 3.14. The van der Waals surface area contributed by atoms with Gasteiger partial charge in [-0.2, -0.15) is 0 Å². The summed E-state index contributed by atoms with van der Waals surface area (Å²) in [5.41, 5.74) is 0.436. The van der Waals surface area contributed by atoms with E-state index in [1.165, 1.54) is 19.3 Å². The summed E-state index contributed by atoms with van der Waals surface area (Å²) in [4.78, 5) is 18.1. The number of carbonyl (C=O) groups is 1. The van der Waals surface area contributed by atoms with Crippen molar-refractivity contribution in [1.82, 2.24) is 9.88 Å². The van der Waals surface area contributed by atoms with Gasteiger partial charge < -0.3 is 4.90 Å². The van der Waals surface area contributed by atoms with Crippen LogP contribution in [0.3, 0.4) is 0 Å². The molecular formula is C13H17ClN2O. The first kappa shape index (κ1) is 12.4. The van der Waals surface area contributed by atoms with E-state index in [9.17, 15) is 4.79 Å². The molecule has 1 fully saturated rings. The van der Waals surface area contributed by atoms with Gasteiger partial charge in [0.25, 0.3) is 5.91 Å². The van der Waals surface area contributed by atoms with Crippen molar-refractivity contribution >= 4 is 17.5 Å². The lowest BCUT2D eigenvalue weighted by Gasteiger charge is -2.31. The fourth-order valence-corrected chi connectivity index (χ4v) is 2.51. The minimum absolute atomic E-state index is 0.0283. The normalized spacial score (nSPS) is 16.8. The number of hydrogen-bond donors (Lipinski definition) is 0. The van der Waals surface area contributed by atoms with Crippen LogP contribution in [0.15, 0.2) is 18.2 Å². The number of carbonyl (C=O) groups excluding carboxylic acids is 1. The zero-order chi connectivity index (χ0) is 12.3. The number of amides is 1. The zero-order valence-electron chi connectivity index (χ0n) is 10.0. The van der Waals surface area contributed by atoms with Crippen molar-refractivity contribution in [2.75, 3.05) is 7.05 Å². The molecule has 0 radical (unpaired) electrons. The summed E-state index contributed by atoms with van der Waals surface area (Å²) in [7, 11) is 1.86. The molecular weight excluding hydrogens is 236 g/mol. The molecule has 4 heteroatoms. The number of aromatic nitrogens is 1. The second-order valence-corrected chi connectivity index (χ2v) is 4.94. The molecule has 0 N–H and O–H groups in total. The summed E-state index contributed by atoms with van der Waals surface area (Å²) >= 11 is 5.80. The van der Waals surface area contributed by atoms with Gasteiger partial charge >= 0.3 is 0 Å². The van der Waals surface area contributed by atoms with Crippen LogP contribution in [0.4, 0.5) is 0 Å². The van der Waals surface area contributed by atoms with Crippen LogP contribution in [0, 0.1) is 0 Å². The Bertz CT molecular complexity index is 402. The summed E-state index contributed by atoms with van der Waals surface area (Å²) in [5, 5.41) is 0.368. The maximum absolute atomic E-state index is 12.2. The van der Waals surface area contributed by atoms with E-state index in [1.54, 1.807) is 18.2 Å². The van der Waals surface area contributed by atoms with Gasteiger partial charge in [-0.15, -0.1) is 0 Å². The first-order chi connectivity index (χ1) is 8.18. The minimum Gasteiger partial charge on any atom is -0.337 e. The van der Waals surface area contributed by atoms with E-state index in [4.69, 9.17) is 11.6 Å². The lowest BCUT2D eigenvalue weighted by Crippen LogP contribution is -2.38. The largest absolute Gasteiger partial charge is 0.337 e. The Kier molecular flexibility index (Phi) is 4.00. The molecule has 1 aliphatic carbocycles. The molecule has 1 amide bonds. The van der Waals surface area contributed by atoms with E-state index in [0.29, 0.717) is 16.9 Å². The van der Waals surface area contributed by atoms with Gasteiger partial charge in [0.1, 0.15) is 10.8 Å². The molecule has 3 nitrogen and oxygen atoms in total. The van der Waals surface area contributed by atoms with Gasteiger partial charge in [-0.05, 0) is 25.0 Å². The van der Waals surface area contributed by atoms with Crippen molar-refractivity contribution in [1.29, 1.82) is 0 Å².